The van der Waals surface area contributed by atoms with Crippen LogP contribution in [0.15, 0.2) is 35.3 Å². The van der Waals surface area contributed by atoms with Gasteiger partial charge < -0.3 is 19.7 Å². The summed E-state index contributed by atoms with van der Waals surface area (Å²) in [6, 6.07) is 10.8. The molecule has 1 aromatic carbocycles. The number of likely N-dealkylation sites (tertiary alicyclic amines) is 1. The van der Waals surface area contributed by atoms with Crippen molar-refractivity contribution in [3.8, 4) is 0 Å². The Hall–Kier alpha value is -0.860. The van der Waals surface area contributed by atoms with Gasteiger partial charge in [-0.05, 0) is 24.8 Å². The smallest absolute Gasteiger partial charge is 0.193 e. The topological polar surface area (TPSA) is 46.1 Å². The van der Waals surface area contributed by atoms with Gasteiger partial charge in [-0.15, -0.1) is 24.0 Å². The average Bonchev–Trinajstić information content (AvgIpc) is 3.34. The molecule has 5 nitrogen and oxygen atoms in total. The van der Waals surface area contributed by atoms with E-state index in [1.807, 2.05) is 7.05 Å². The van der Waals surface area contributed by atoms with Gasteiger partial charge in [0.15, 0.2) is 5.96 Å². The van der Waals surface area contributed by atoms with Crippen LogP contribution in [0, 0.1) is 5.92 Å². The predicted molar refractivity (Wildman–Crippen MR) is 117 cm³/mol. The minimum absolute atomic E-state index is 0. The van der Waals surface area contributed by atoms with Crippen LogP contribution in [0.25, 0.3) is 0 Å². The summed E-state index contributed by atoms with van der Waals surface area (Å²) in [5.74, 6) is 2.22. The highest BCUT2D eigenvalue weighted by atomic mass is 127. The standard InChI is InChI=1S/C20H31N3O2.HI/c1-21-20(22-10-5-12-24-15-17-9-13-25-16-17)23-11-8-19(14-23)18-6-3-2-4-7-18;/h2-4,6-7,17,19H,5,8-16H2,1H3,(H,21,22);1H. The number of guanidine groups is 1. The van der Waals surface area contributed by atoms with Crippen molar-refractivity contribution in [2.75, 3.05) is 53.1 Å². The fraction of sp³-hybridized carbons (Fsp3) is 0.650. The van der Waals surface area contributed by atoms with Crippen LogP contribution in [0.5, 0.6) is 0 Å². The number of halogens is 1. The minimum atomic E-state index is 0. The van der Waals surface area contributed by atoms with E-state index in [0.717, 1.165) is 64.9 Å². The molecule has 2 heterocycles. The van der Waals surface area contributed by atoms with Gasteiger partial charge in [0.1, 0.15) is 0 Å². The zero-order chi connectivity index (χ0) is 17.3. The van der Waals surface area contributed by atoms with Crippen LogP contribution in [-0.2, 0) is 9.47 Å². The molecule has 0 spiro atoms. The van der Waals surface area contributed by atoms with Gasteiger partial charge in [-0.1, -0.05) is 30.3 Å². The lowest BCUT2D eigenvalue weighted by Crippen LogP contribution is -2.40. The lowest BCUT2D eigenvalue weighted by atomic mass is 9.99. The van der Waals surface area contributed by atoms with Gasteiger partial charge in [-0.25, -0.2) is 0 Å². The maximum Gasteiger partial charge on any atom is 0.193 e. The number of nitrogens with one attached hydrogen (secondary N) is 1. The first-order valence-electron chi connectivity index (χ1n) is 9.53. The molecule has 0 amide bonds. The van der Waals surface area contributed by atoms with Crippen molar-refractivity contribution < 1.29 is 9.47 Å². The summed E-state index contributed by atoms with van der Waals surface area (Å²) < 4.78 is 11.1. The number of aliphatic imine (C=N–C) groups is 1. The number of nitrogens with zero attached hydrogens (tertiary/aromatic N) is 2. The van der Waals surface area contributed by atoms with Crippen molar-refractivity contribution in [1.29, 1.82) is 0 Å². The second kappa shape index (κ2) is 11.8. The number of hydrogen-bond acceptors (Lipinski definition) is 3. The van der Waals surface area contributed by atoms with E-state index in [4.69, 9.17) is 9.47 Å². The molecule has 2 aliphatic rings. The molecule has 2 saturated heterocycles. The summed E-state index contributed by atoms with van der Waals surface area (Å²) in [5, 5.41) is 3.48. The third-order valence-electron chi connectivity index (χ3n) is 5.10. The Labute approximate surface area is 174 Å². The zero-order valence-corrected chi connectivity index (χ0v) is 18.1. The summed E-state index contributed by atoms with van der Waals surface area (Å²) in [7, 11) is 1.87. The van der Waals surface area contributed by atoms with Crippen LogP contribution in [0.1, 0.15) is 30.7 Å². The van der Waals surface area contributed by atoms with Crippen molar-refractivity contribution in [2.45, 2.75) is 25.2 Å². The van der Waals surface area contributed by atoms with E-state index < -0.39 is 0 Å². The van der Waals surface area contributed by atoms with E-state index in [-0.39, 0.29) is 24.0 Å². The van der Waals surface area contributed by atoms with Crippen LogP contribution in [0.2, 0.25) is 0 Å². The zero-order valence-electron chi connectivity index (χ0n) is 15.7. The van der Waals surface area contributed by atoms with Crippen molar-refractivity contribution in [2.24, 2.45) is 10.9 Å². The van der Waals surface area contributed by atoms with Crippen molar-refractivity contribution in [3.63, 3.8) is 0 Å². The number of ether oxygens (including phenoxy) is 2. The van der Waals surface area contributed by atoms with Crippen LogP contribution in [0.3, 0.4) is 0 Å². The monoisotopic (exact) mass is 473 g/mol. The second-order valence-corrected chi connectivity index (χ2v) is 6.97. The molecule has 2 unspecified atom stereocenters. The van der Waals surface area contributed by atoms with Gasteiger partial charge in [0.25, 0.3) is 0 Å². The second-order valence-electron chi connectivity index (χ2n) is 6.97. The normalized spacial score (nSPS) is 23.1. The average molecular weight is 473 g/mol. The van der Waals surface area contributed by atoms with Crippen LogP contribution in [0.4, 0.5) is 0 Å². The Morgan fingerprint density at radius 2 is 2.15 bits per heavy atom. The molecule has 0 aliphatic carbocycles. The summed E-state index contributed by atoms with van der Waals surface area (Å²) in [6.45, 7) is 6.40. The highest BCUT2D eigenvalue weighted by Crippen LogP contribution is 2.26. The van der Waals surface area contributed by atoms with E-state index >= 15 is 0 Å². The van der Waals surface area contributed by atoms with Crippen molar-refractivity contribution in [1.82, 2.24) is 10.2 Å². The Morgan fingerprint density at radius 1 is 1.31 bits per heavy atom. The molecule has 1 N–H and O–H groups in total. The fourth-order valence-electron chi connectivity index (χ4n) is 3.62. The Morgan fingerprint density at radius 3 is 2.88 bits per heavy atom. The third-order valence-corrected chi connectivity index (χ3v) is 5.10. The van der Waals surface area contributed by atoms with E-state index in [0.29, 0.717) is 11.8 Å². The molecule has 2 fully saturated rings. The van der Waals surface area contributed by atoms with Gasteiger partial charge in [0.05, 0.1) is 13.2 Å². The molecule has 0 aromatic heterocycles. The van der Waals surface area contributed by atoms with Crippen LogP contribution in [-0.4, -0.2) is 64.0 Å². The molecule has 26 heavy (non-hydrogen) atoms. The Balaban J connectivity index is 0.00000243. The van der Waals surface area contributed by atoms with E-state index in [2.05, 4.69) is 45.5 Å². The molecule has 2 aliphatic heterocycles. The first-order valence-corrected chi connectivity index (χ1v) is 9.53. The number of benzene rings is 1. The fourth-order valence-corrected chi connectivity index (χ4v) is 3.62. The van der Waals surface area contributed by atoms with E-state index in [1.165, 1.54) is 12.0 Å². The van der Waals surface area contributed by atoms with Gasteiger partial charge in [0, 0.05) is 51.7 Å². The predicted octanol–water partition coefficient (Wildman–Crippen LogP) is 3.11. The number of rotatable bonds is 7. The Bertz CT molecular complexity index is 535. The lowest BCUT2D eigenvalue weighted by molar-refractivity contribution is 0.0887. The first-order chi connectivity index (χ1) is 12.4. The summed E-state index contributed by atoms with van der Waals surface area (Å²) in [6.07, 6.45) is 3.34. The van der Waals surface area contributed by atoms with Gasteiger partial charge in [-0.3, -0.25) is 4.99 Å². The third kappa shape index (κ3) is 6.39. The molecule has 3 rings (SSSR count). The molecular weight excluding hydrogens is 441 g/mol. The van der Waals surface area contributed by atoms with Crippen LogP contribution < -0.4 is 5.32 Å². The van der Waals surface area contributed by atoms with Gasteiger partial charge in [-0.2, -0.15) is 0 Å². The van der Waals surface area contributed by atoms with Gasteiger partial charge in [0.2, 0.25) is 0 Å². The van der Waals surface area contributed by atoms with E-state index in [1.54, 1.807) is 0 Å². The molecule has 146 valence electrons. The maximum absolute atomic E-state index is 5.76. The molecule has 0 bridgehead atoms. The largest absolute Gasteiger partial charge is 0.381 e. The quantitative estimate of drug-likeness (QED) is 0.286. The SMILES string of the molecule is CN=C(NCCCOCC1CCOC1)N1CCC(c2ccccc2)C1.I. The first kappa shape index (κ1) is 21.4. The molecule has 2 atom stereocenters. The summed E-state index contributed by atoms with van der Waals surface area (Å²) >= 11 is 0. The van der Waals surface area contributed by atoms with Gasteiger partial charge >= 0.3 is 0 Å². The minimum Gasteiger partial charge on any atom is -0.381 e. The van der Waals surface area contributed by atoms with E-state index in [9.17, 15) is 0 Å². The highest BCUT2D eigenvalue weighted by molar-refractivity contribution is 14.0. The summed E-state index contributed by atoms with van der Waals surface area (Å²) in [5.41, 5.74) is 1.43. The molecule has 0 radical (unpaired) electrons. The Kier molecular flexibility index (Phi) is 9.71. The van der Waals surface area contributed by atoms with Crippen LogP contribution >= 0.6 is 24.0 Å². The molecule has 0 saturated carbocycles. The lowest BCUT2D eigenvalue weighted by Gasteiger charge is -2.22. The molecule has 1 aromatic rings. The highest BCUT2D eigenvalue weighted by Gasteiger charge is 2.25. The summed E-state index contributed by atoms with van der Waals surface area (Å²) in [4.78, 5) is 6.82. The maximum atomic E-state index is 5.76. The van der Waals surface area contributed by atoms with Crippen molar-refractivity contribution >= 4 is 29.9 Å². The van der Waals surface area contributed by atoms with Crippen molar-refractivity contribution in [3.05, 3.63) is 35.9 Å². The number of hydrogen-bond donors (Lipinski definition) is 1. The molecule has 6 heteroatoms. The molecular formula is C20H32IN3O2.